The molecule has 31 heavy (non-hydrogen) atoms. The summed E-state index contributed by atoms with van der Waals surface area (Å²) in [7, 11) is 0. The maximum Gasteiger partial charge on any atom is 0.323 e. The largest absolute Gasteiger partial charge is 0.494 e. The highest BCUT2D eigenvalue weighted by Crippen LogP contribution is 2.25. The predicted octanol–water partition coefficient (Wildman–Crippen LogP) is 3.49. The van der Waals surface area contributed by atoms with Gasteiger partial charge in [-0.3, -0.25) is 9.69 Å². The Morgan fingerprint density at radius 2 is 2.00 bits per heavy atom. The zero-order chi connectivity index (χ0) is 21.6. The summed E-state index contributed by atoms with van der Waals surface area (Å²) >= 11 is 1.42. The molecule has 2 aromatic rings. The number of hydrogen-bond acceptors (Lipinski definition) is 5. The highest BCUT2D eigenvalue weighted by atomic mass is 32.1. The van der Waals surface area contributed by atoms with E-state index in [0.29, 0.717) is 37.2 Å². The van der Waals surface area contributed by atoms with Crippen LogP contribution in [0.25, 0.3) is 0 Å². The second-order valence-corrected chi connectivity index (χ2v) is 8.96. The summed E-state index contributed by atoms with van der Waals surface area (Å²) in [6, 6.07) is 8.27. The second kappa shape index (κ2) is 10.1. The zero-order valence-corrected chi connectivity index (χ0v) is 18.8. The monoisotopic (exact) mass is 442 g/mol. The zero-order valence-electron chi connectivity index (χ0n) is 18.0. The number of hydrogen-bond donors (Lipinski definition) is 1. The maximum absolute atomic E-state index is 12.7. The summed E-state index contributed by atoms with van der Waals surface area (Å²) < 4.78 is 5.50. The molecule has 166 valence electrons. The van der Waals surface area contributed by atoms with Gasteiger partial charge in [-0.25, -0.2) is 9.78 Å². The van der Waals surface area contributed by atoms with Gasteiger partial charge in [-0.05, 0) is 56.2 Å². The molecule has 7 nitrogen and oxygen atoms in total. The molecule has 2 aliphatic heterocycles. The third-order valence-corrected chi connectivity index (χ3v) is 6.91. The van der Waals surface area contributed by atoms with Crippen molar-refractivity contribution in [3.05, 3.63) is 40.9 Å². The number of nitrogens with one attached hydrogen (secondary N) is 1. The van der Waals surface area contributed by atoms with Gasteiger partial charge in [0.25, 0.3) is 0 Å². The van der Waals surface area contributed by atoms with Crippen LogP contribution in [-0.2, 0) is 17.6 Å². The minimum absolute atomic E-state index is 0.112. The summed E-state index contributed by atoms with van der Waals surface area (Å²) in [6.07, 6.45) is 4.64. The Balaban J connectivity index is 1.20. The lowest BCUT2D eigenvalue weighted by molar-refractivity contribution is -0.131. The molecule has 8 heteroatoms. The molecule has 3 amide bonds. The summed E-state index contributed by atoms with van der Waals surface area (Å²) in [5.41, 5.74) is 2.09. The van der Waals surface area contributed by atoms with Crippen LogP contribution in [0.4, 0.5) is 9.93 Å². The Morgan fingerprint density at radius 3 is 2.68 bits per heavy atom. The van der Waals surface area contributed by atoms with Crippen LogP contribution in [0.3, 0.4) is 0 Å². The number of anilines is 1. The number of urea groups is 1. The molecule has 4 rings (SSSR count). The van der Waals surface area contributed by atoms with E-state index in [1.54, 1.807) is 4.90 Å². The SMILES string of the molecule is CCOc1ccc(CCC2CCN(C(=O)Cc3csc(N4CCNC4=O)n3)CC2)cc1. The molecule has 2 saturated heterocycles. The van der Waals surface area contributed by atoms with Crippen LogP contribution in [0.2, 0.25) is 0 Å². The van der Waals surface area contributed by atoms with E-state index in [0.717, 1.165) is 50.2 Å². The minimum Gasteiger partial charge on any atom is -0.494 e. The number of benzene rings is 1. The molecular formula is C23H30N4O3S. The first kappa shape index (κ1) is 21.6. The molecule has 0 radical (unpaired) electrons. The fourth-order valence-corrected chi connectivity index (χ4v) is 5.03. The Kier molecular flexibility index (Phi) is 7.06. The van der Waals surface area contributed by atoms with Crippen LogP contribution in [-0.4, -0.2) is 54.6 Å². The molecule has 0 saturated carbocycles. The van der Waals surface area contributed by atoms with Crippen LogP contribution in [0.1, 0.15) is 37.4 Å². The number of ether oxygens (including phenoxy) is 1. The maximum atomic E-state index is 12.7. The van der Waals surface area contributed by atoms with E-state index in [1.165, 1.54) is 16.9 Å². The molecule has 0 unspecified atom stereocenters. The van der Waals surface area contributed by atoms with Crippen LogP contribution in [0.15, 0.2) is 29.6 Å². The summed E-state index contributed by atoms with van der Waals surface area (Å²) in [4.78, 5) is 32.6. The predicted molar refractivity (Wildman–Crippen MR) is 122 cm³/mol. The summed E-state index contributed by atoms with van der Waals surface area (Å²) in [6.45, 7) is 5.59. The van der Waals surface area contributed by atoms with E-state index < -0.39 is 0 Å². The van der Waals surface area contributed by atoms with Crippen molar-refractivity contribution < 1.29 is 14.3 Å². The molecule has 0 bridgehead atoms. The van der Waals surface area contributed by atoms with E-state index in [4.69, 9.17) is 4.74 Å². The van der Waals surface area contributed by atoms with E-state index in [9.17, 15) is 9.59 Å². The molecule has 2 aliphatic rings. The van der Waals surface area contributed by atoms with Gasteiger partial charge in [0.15, 0.2) is 5.13 Å². The molecule has 0 spiro atoms. The van der Waals surface area contributed by atoms with Gasteiger partial charge in [0.2, 0.25) is 5.91 Å². The lowest BCUT2D eigenvalue weighted by Gasteiger charge is -2.32. The van der Waals surface area contributed by atoms with Gasteiger partial charge < -0.3 is 15.0 Å². The number of thiazole rings is 1. The number of amides is 3. The highest BCUT2D eigenvalue weighted by Gasteiger charge is 2.26. The first-order valence-corrected chi connectivity index (χ1v) is 12.0. The molecule has 3 heterocycles. The van der Waals surface area contributed by atoms with Gasteiger partial charge in [0.1, 0.15) is 5.75 Å². The first-order chi connectivity index (χ1) is 15.1. The fraction of sp³-hybridized carbons (Fsp3) is 0.522. The van der Waals surface area contributed by atoms with Crippen molar-refractivity contribution in [1.29, 1.82) is 0 Å². The van der Waals surface area contributed by atoms with Crippen molar-refractivity contribution >= 4 is 28.4 Å². The van der Waals surface area contributed by atoms with Gasteiger partial charge in [0.05, 0.1) is 18.7 Å². The third-order valence-electron chi connectivity index (χ3n) is 6.00. The Labute approximate surface area is 187 Å². The number of piperidine rings is 1. The Bertz CT molecular complexity index is 890. The van der Waals surface area contributed by atoms with Crippen LogP contribution in [0, 0.1) is 5.92 Å². The van der Waals surface area contributed by atoms with E-state index >= 15 is 0 Å². The molecule has 1 aromatic carbocycles. The lowest BCUT2D eigenvalue weighted by Crippen LogP contribution is -2.39. The van der Waals surface area contributed by atoms with Crippen LogP contribution < -0.4 is 15.0 Å². The first-order valence-electron chi connectivity index (χ1n) is 11.1. The lowest BCUT2D eigenvalue weighted by atomic mass is 9.90. The number of aryl methyl sites for hydroxylation is 1. The average Bonchev–Trinajstić information content (AvgIpc) is 3.42. The number of aromatic nitrogens is 1. The van der Waals surface area contributed by atoms with Gasteiger partial charge >= 0.3 is 6.03 Å². The molecule has 1 N–H and O–H groups in total. The summed E-state index contributed by atoms with van der Waals surface area (Å²) in [5.74, 6) is 1.72. The average molecular weight is 443 g/mol. The fourth-order valence-electron chi connectivity index (χ4n) is 4.18. The summed E-state index contributed by atoms with van der Waals surface area (Å²) in [5, 5.41) is 5.34. The standard InChI is InChI=1S/C23H30N4O3S/c1-2-30-20-7-5-17(6-8-20)3-4-18-9-12-26(13-10-18)21(28)15-19-16-31-23(25-19)27-14-11-24-22(27)29/h5-8,16,18H,2-4,9-15H2,1H3,(H,24,29). The van der Waals surface area contributed by atoms with Gasteiger partial charge in [-0.2, -0.15) is 0 Å². The molecular weight excluding hydrogens is 412 g/mol. The smallest absolute Gasteiger partial charge is 0.323 e. The third kappa shape index (κ3) is 5.55. The van der Waals surface area contributed by atoms with Gasteiger partial charge in [0, 0.05) is 31.6 Å². The number of likely N-dealkylation sites (tertiary alicyclic amines) is 1. The van der Waals surface area contributed by atoms with Crippen LogP contribution >= 0.6 is 11.3 Å². The number of nitrogens with zero attached hydrogens (tertiary/aromatic N) is 3. The van der Waals surface area contributed by atoms with Crippen LogP contribution in [0.5, 0.6) is 5.75 Å². The van der Waals surface area contributed by atoms with Gasteiger partial charge in [-0.1, -0.05) is 12.1 Å². The number of carbonyl (C=O) groups excluding carboxylic acids is 2. The van der Waals surface area contributed by atoms with Gasteiger partial charge in [-0.15, -0.1) is 11.3 Å². The van der Waals surface area contributed by atoms with Crippen molar-refractivity contribution in [3.8, 4) is 5.75 Å². The molecule has 0 atom stereocenters. The van der Waals surface area contributed by atoms with E-state index in [1.807, 2.05) is 29.3 Å². The second-order valence-electron chi connectivity index (χ2n) is 8.12. The Hall–Kier alpha value is -2.61. The molecule has 1 aromatic heterocycles. The van der Waals surface area contributed by atoms with Crippen molar-refractivity contribution in [2.24, 2.45) is 5.92 Å². The van der Waals surface area contributed by atoms with Crippen molar-refractivity contribution in [2.75, 3.05) is 37.7 Å². The van der Waals surface area contributed by atoms with Crippen molar-refractivity contribution in [2.45, 2.75) is 39.0 Å². The number of carbonyl (C=O) groups is 2. The highest BCUT2D eigenvalue weighted by molar-refractivity contribution is 7.14. The minimum atomic E-state index is -0.112. The normalized spacial score (nSPS) is 17.1. The van der Waals surface area contributed by atoms with E-state index in [-0.39, 0.29) is 11.9 Å². The van der Waals surface area contributed by atoms with Crippen molar-refractivity contribution in [1.82, 2.24) is 15.2 Å². The topological polar surface area (TPSA) is 74.8 Å². The van der Waals surface area contributed by atoms with Crippen molar-refractivity contribution in [3.63, 3.8) is 0 Å². The molecule has 0 aliphatic carbocycles. The Morgan fingerprint density at radius 1 is 1.23 bits per heavy atom. The van der Waals surface area contributed by atoms with E-state index in [2.05, 4.69) is 22.4 Å². The molecule has 2 fully saturated rings. The quantitative estimate of drug-likeness (QED) is 0.679. The number of rotatable bonds is 8.